The molecule has 13 rings (SSSR count). The van der Waals surface area contributed by atoms with Gasteiger partial charge in [-0.1, -0.05) is 94.4 Å². The maximum absolute atomic E-state index is 14.8. The number of benzene rings is 1. The van der Waals surface area contributed by atoms with Crippen LogP contribution in [0, 0.1) is 35.5 Å². The number of aromatic amines is 1. The normalized spacial score (nSPS) is 26.9. The number of cyclic esters (lactones) is 1. The van der Waals surface area contributed by atoms with Gasteiger partial charge < -0.3 is 104 Å². The Balaban J connectivity index is 0.535. The summed E-state index contributed by atoms with van der Waals surface area (Å²) in [4.78, 5) is 131. The lowest BCUT2D eigenvalue weighted by Gasteiger charge is -2.43. The van der Waals surface area contributed by atoms with Crippen LogP contribution in [0.4, 0.5) is 17.7 Å². The molecule has 1 aromatic carbocycles. The maximum atomic E-state index is 14.8. The van der Waals surface area contributed by atoms with Crippen molar-refractivity contribution in [2.75, 3.05) is 129 Å². The molecule has 7 aromatic rings. The molecule has 1 aliphatic carbocycles. The number of carbonyl (C=O) groups excluding carboxylic acids is 6. The van der Waals surface area contributed by atoms with Crippen molar-refractivity contribution in [1.29, 1.82) is 0 Å². The summed E-state index contributed by atoms with van der Waals surface area (Å²) in [6.45, 7) is 18.6. The fourth-order valence-electron chi connectivity index (χ4n) is 18.8. The number of rotatable bonds is 29. The van der Waals surface area contributed by atoms with Crippen molar-refractivity contribution in [3.8, 4) is 11.3 Å². The molecule has 37 heteroatoms. The zero-order valence-corrected chi connectivity index (χ0v) is 79.2. The van der Waals surface area contributed by atoms with E-state index in [-0.39, 0.29) is 100 Å². The number of H-pyrrole nitrogens is 1. The molecule has 730 valence electrons. The number of esters is 1. The van der Waals surface area contributed by atoms with Crippen LogP contribution in [0.25, 0.3) is 33.3 Å². The highest BCUT2D eigenvalue weighted by Crippen LogP contribution is 2.40. The minimum absolute atomic E-state index is 0.0297. The first-order valence-electron chi connectivity index (χ1n) is 47.4. The third kappa shape index (κ3) is 26.7. The van der Waals surface area contributed by atoms with Gasteiger partial charge in [-0.2, -0.15) is 5.10 Å². The molecule has 3 saturated heterocycles. The van der Waals surface area contributed by atoms with Gasteiger partial charge in [0.2, 0.25) is 23.6 Å². The number of fused-ring (bicyclic) bond motifs is 6. The number of nitrogen functional groups attached to an aromatic ring is 1. The molecule has 37 nitrogen and oxygen atoms in total. The van der Waals surface area contributed by atoms with Crippen LogP contribution in [0.1, 0.15) is 165 Å². The van der Waals surface area contributed by atoms with E-state index in [1.807, 2.05) is 95.8 Å². The van der Waals surface area contributed by atoms with Crippen molar-refractivity contribution in [3.05, 3.63) is 149 Å². The molecular weight excluding hydrogens is 1730 g/mol. The first-order valence-corrected chi connectivity index (χ1v) is 47.4. The number of aromatic nitrogens is 10. The number of piperidine rings is 1. The van der Waals surface area contributed by atoms with Gasteiger partial charge in [0, 0.05) is 165 Å². The molecule has 0 radical (unpaired) electrons. The average Bonchev–Trinajstić information content (AvgIpc) is 1.69. The summed E-state index contributed by atoms with van der Waals surface area (Å²) in [6, 6.07) is 9.14. The number of piperazine rings is 1. The molecule has 0 spiro atoms. The van der Waals surface area contributed by atoms with Gasteiger partial charge in [0.15, 0.2) is 12.3 Å². The van der Waals surface area contributed by atoms with E-state index in [1.165, 1.54) is 36.3 Å². The Labute approximate surface area is 787 Å². The minimum atomic E-state index is -2.47. The van der Waals surface area contributed by atoms with Crippen molar-refractivity contribution < 1.29 is 91.9 Å². The Bertz CT molecular complexity index is 5290. The summed E-state index contributed by atoms with van der Waals surface area (Å²) in [5, 5.41) is 64.3. The van der Waals surface area contributed by atoms with Crippen LogP contribution in [0.2, 0.25) is 0 Å². The number of methoxy groups -OCH3 is 3. The molecule has 16 atom stereocenters. The van der Waals surface area contributed by atoms with Crippen LogP contribution in [-0.4, -0.2) is 295 Å². The number of hydrogen-bond acceptors (Lipinski definition) is 31. The zero-order chi connectivity index (χ0) is 95.8. The lowest BCUT2D eigenvalue weighted by atomic mass is 9.78. The van der Waals surface area contributed by atoms with Crippen molar-refractivity contribution in [1.82, 2.24) is 70.1 Å². The second-order valence-corrected chi connectivity index (χ2v) is 36.7. The van der Waals surface area contributed by atoms with E-state index < -0.39 is 96.6 Å². The highest BCUT2D eigenvalue weighted by atomic mass is 16.6. The van der Waals surface area contributed by atoms with E-state index in [1.54, 1.807) is 59.7 Å². The van der Waals surface area contributed by atoms with E-state index in [4.69, 9.17) is 53.6 Å². The predicted molar refractivity (Wildman–Crippen MR) is 504 cm³/mol. The van der Waals surface area contributed by atoms with Crippen LogP contribution in [-0.2, 0) is 92.8 Å². The first kappa shape index (κ1) is 101. The van der Waals surface area contributed by atoms with E-state index in [9.17, 15) is 49.2 Å². The van der Waals surface area contributed by atoms with Gasteiger partial charge >= 0.3 is 5.97 Å². The maximum Gasteiger partial charge on any atom is 0.329 e. The quantitative estimate of drug-likeness (QED) is 0.00722. The van der Waals surface area contributed by atoms with Gasteiger partial charge in [-0.15, -0.1) is 0 Å². The second-order valence-electron chi connectivity index (χ2n) is 36.7. The average molecular weight is 1870 g/mol. The number of hydrogen-bond donors (Lipinski definition) is 8. The topological polar surface area (TPSA) is 466 Å². The fourth-order valence-corrected chi connectivity index (χ4v) is 18.8. The summed E-state index contributed by atoms with van der Waals surface area (Å²) in [5.74, 6) is -6.94. The molecule has 135 heavy (non-hydrogen) atoms. The Morgan fingerprint density at radius 3 is 2.19 bits per heavy atom. The Morgan fingerprint density at radius 1 is 0.726 bits per heavy atom. The van der Waals surface area contributed by atoms with Crippen LogP contribution >= 0.6 is 0 Å². The number of ketones is 1. The monoisotopic (exact) mass is 1870 g/mol. The third-order valence-corrected chi connectivity index (χ3v) is 26.9. The van der Waals surface area contributed by atoms with Gasteiger partial charge in [0.05, 0.1) is 99.8 Å². The highest BCUT2D eigenvalue weighted by molar-refractivity contribution is 6.39. The van der Waals surface area contributed by atoms with Crippen LogP contribution in [0.5, 0.6) is 0 Å². The summed E-state index contributed by atoms with van der Waals surface area (Å²) >= 11 is 0. The van der Waals surface area contributed by atoms with Gasteiger partial charge in [0.1, 0.15) is 47.8 Å². The number of oxime groups is 1. The summed E-state index contributed by atoms with van der Waals surface area (Å²) < 4.78 is 49.4. The number of nitrogens with one attached hydrogen (secondary N) is 3. The smallest absolute Gasteiger partial charge is 0.329 e. The lowest BCUT2D eigenvalue weighted by molar-refractivity contribution is -0.265. The second kappa shape index (κ2) is 48.7. The third-order valence-electron chi connectivity index (χ3n) is 26.9. The molecule has 9 N–H and O–H groups in total. The van der Waals surface area contributed by atoms with Crippen molar-refractivity contribution in [2.24, 2.45) is 40.7 Å². The number of allylic oxidation sites excluding steroid dienone is 5. The SMILES string of the molecule is CO[C@H]1C[C@@H]2CC[C@@H](C)[C@@](O)(O2)C(=O)C(=O)N2CCCC[C@H]2C(=O)O[C@H]([C@H](C)C[C@@H]2CC[C@@H](O)[C@H](OC)C2)C[C@@H](O)[C@H](C)/C=C(\C)[C@@H](O)[C@@H](OC)C(=NOCC(=O)NCc2cnc(N3CCN(c4ncc(C(=O)NCCOCCOCCOCCC(=O)N5CCc6cc(Cn7nc(-c8cnc9[nH]ccc9c8)c8c(N)ncnc87)ccc6C5)cn4)CC3)nc2)[C@H](C)C[C@H](C)/C=C/C=CC=C1C. The Kier molecular flexibility index (Phi) is 36.6. The number of aliphatic hydroxyl groups excluding tert-OH is 3. The van der Waals surface area contributed by atoms with E-state index in [0.717, 1.165) is 39.7 Å². The van der Waals surface area contributed by atoms with Crippen molar-refractivity contribution >= 4 is 80.9 Å². The number of nitrogens with zero attached hydrogens (tertiary/aromatic N) is 14. The van der Waals surface area contributed by atoms with Crippen molar-refractivity contribution in [2.45, 2.75) is 219 Å². The Hall–Kier alpha value is -11.0. The van der Waals surface area contributed by atoms with Crippen LogP contribution in [0.3, 0.4) is 0 Å². The van der Waals surface area contributed by atoms with Gasteiger partial charge in [-0.3, -0.25) is 24.0 Å². The number of nitrogens with two attached hydrogens (primary N) is 1. The number of amides is 4. The first-order chi connectivity index (χ1) is 65.2. The standard InChI is InChI=1S/C98H134N18O19/c1-60-16-12-11-13-17-61(2)79(127-8)48-75-23-19-66(7)98(126,135-75)89(122)94(124)115-30-15-14-18-76(115)95(125)134-80(63(4)44-67-21-24-77(117)81(46-67)128-9)49-78(118)62(3)43-65(6)87(121)88(129-10)85(64(5)42-60)111-133-58-82(119)102-50-69-51-104-96(105-52-69)112-32-34-113(35-33-112)97-106-54-74(55-107-97)93(123)101-29-37-131-39-41-132-40-38-130-36-27-83(120)114-31-26-70-45-68(20-22-72(70)57-114)56-116-92-84(90(99)108-59-109-92)86(110-116)73-47-71-25-28-100-91(71)103-53-73/h11-13,16-17,20,22,25,28,43,45,47,51-55,59-60,62-64,66-67,75-81,87-88,117-118,121,126H,14-15,18-19,21,23-24,26-27,29-42,44,46,48-50,56-58H2,1-10H3,(H,100,103)(H,101,123)(H,102,119)(H2,99,108,109)/b13-11?,16-12+,61-17?,65-43+,111-85?/t60-,62-,63-,64-,66-,67+,75+,76+,77-,78-,79+,80+,81-,87-,88+,98-/m1/s1. The predicted octanol–water partition coefficient (Wildman–Crippen LogP) is 8.07. The Morgan fingerprint density at radius 2 is 1.46 bits per heavy atom. The number of pyridine rings is 1. The lowest BCUT2D eigenvalue weighted by Crippen LogP contribution is -2.61. The molecule has 5 aliphatic heterocycles. The summed E-state index contributed by atoms with van der Waals surface area (Å²) in [6.07, 6.45) is 22.4. The number of anilines is 3. The van der Waals surface area contributed by atoms with Crippen molar-refractivity contribution in [3.63, 3.8) is 0 Å². The number of Topliss-reactive ketones (excluding diaryl/α,β-unsaturated/α-hetero) is 1. The number of ether oxygens (including phenoxy) is 8. The molecule has 4 fully saturated rings. The summed E-state index contributed by atoms with van der Waals surface area (Å²) in [5.41, 5.74) is 15.2. The molecule has 6 aromatic heterocycles. The zero-order valence-electron chi connectivity index (χ0n) is 79.2. The molecule has 1 saturated carbocycles. The van der Waals surface area contributed by atoms with Crippen LogP contribution < -0.4 is 26.2 Å². The fraction of sp³-hybridized carbons (Fsp3) is 0.582. The van der Waals surface area contributed by atoms with Gasteiger partial charge in [-0.25, -0.2) is 44.4 Å². The number of carbonyl (C=O) groups is 6. The van der Waals surface area contributed by atoms with E-state index >= 15 is 0 Å². The van der Waals surface area contributed by atoms with E-state index in [2.05, 4.69) is 73.9 Å². The molecule has 4 amide bonds. The van der Waals surface area contributed by atoms with E-state index in [0.29, 0.717) is 187 Å². The molecule has 2 bridgehead atoms. The largest absolute Gasteiger partial charge is 0.460 e. The summed E-state index contributed by atoms with van der Waals surface area (Å²) in [7, 11) is 4.59. The molecule has 0 unspecified atom stereocenters. The van der Waals surface area contributed by atoms with Crippen LogP contribution in [0.15, 0.2) is 127 Å². The molecular formula is C98H134N18O19. The minimum Gasteiger partial charge on any atom is -0.460 e. The molecule has 6 aliphatic rings. The van der Waals surface area contributed by atoms with Gasteiger partial charge in [0.25, 0.3) is 23.5 Å². The highest BCUT2D eigenvalue weighted by Gasteiger charge is 2.53. The number of aliphatic hydroxyl groups is 4. The molecule has 11 heterocycles. The van der Waals surface area contributed by atoms with Gasteiger partial charge in [-0.05, 0) is 142 Å².